The van der Waals surface area contributed by atoms with Crippen LogP contribution in [0.3, 0.4) is 0 Å². The second kappa shape index (κ2) is 5.65. The van der Waals surface area contributed by atoms with E-state index < -0.39 is 0 Å². The molecule has 94 valence electrons. The molecule has 0 saturated heterocycles. The van der Waals surface area contributed by atoms with E-state index in [2.05, 4.69) is 43.1 Å². The SMILES string of the molecule is Cc1ccc(CCN(C)CC2CC(N)C2)cc1. The van der Waals surface area contributed by atoms with Gasteiger partial charge in [-0.3, -0.25) is 0 Å². The normalized spacial score (nSPS) is 23.8. The van der Waals surface area contributed by atoms with E-state index in [1.165, 1.54) is 30.5 Å². The highest BCUT2D eigenvalue weighted by Gasteiger charge is 2.26. The molecule has 0 unspecified atom stereocenters. The van der Waals surface area contributed by atoms with E-state index in [-0.39, 0.29) is 0 Å². The van der Waals surface area contributed by atoms with Crippen LogP contribution >= 0.6 is 0 Å². The maximum absolute atomic E-state index is 5.81. The van der Waals surface area contributed by atoms with Crippen LogP contribution in [0.1, 0.15) is 24.0 Å². The molecule has 2 nitrogen and oxygen atoms in total. The molecule has 1 aliphatic carbocycles. The van der Waals surface area contributed by atoms with Gasteiger partial charge in [0.15, 0.2) is 0 Å². The Balaban J connectivity index is 1.68. The lowest BCUT2D eigenvalue weighted by Crippen LogP contribution is -2.42. The fourth-order valence-corrected chi connectivity index (χ4v) is 2.54. The molecule has 0 atom stereocenters. The van der Waals surface area contributed by atoms with E-state index in [9.17, 15) is 0 Å². The molecule has 0 aromatic heterocycles. The van der Waals surface area contributed by atoms with Crippen LogP contribution < -0.4 is 5.73 Å². The molecule has 1 aliphatic rings. The van der Waals surface area contributed by atoms with Crippen molar-refractivity contribution in [3.05, 3.63) is 35.4 Å². The van der Waals surface area contributed by atoms with Crippen molar-refractivity contribution >= 4 is 0 Å². The van der Waals surface area contributed by atoms with Gasteiger partial charge in [0, 0.05) is 19.1 Å². The van der Waals surface area contributed by atoms with Crippen molar-refractivity contribution in [3.63, 3.8) is 0 Å². The highest BCUT2D eigenvalue weighted by atomic mass is 15.1. The zero-order valence-corrected chi connectivity index (χ0v) is 11.0. The van der Waals surface area contributed by atoms with Crippen molar-refractivity contribution < 1.29 is 0 Å². The van der Waals surface area contributed by atoms with Gasteiger partial charge in [0.25, 0.3) is 0 Å². The van der Waals surface area contributed by atoms with Gasteiger partial charge in [-0.1, -0.05) is 29.8 Å². The Morgan fingerprint density at radius 3 is 2.47 bits per heavy atom. The van der Waals surface area contributed by atoms with E-state index >= 15 is 0 Å². The lowest BCUT2D eigenvalue weighted by Gasteiger charge is -2.35. The summed E-state index contributed by atoms with van der Waals surface area (Å²) in [6.45, 7) is 4.49. The molecule has 0 amide bonds. The predicted molar refractivity (Wildman–Crippen MR) is 73.1 cm³/mol. The van der Waals surface area contributed by atoms with Gasteiger partial charge in [0.05, 0.1) is 0 Å². The van der Waals surface area contributed by atoms with Crippen molar-refractivity contribution in [1.82, 2.24) is 4.90 Å². The molecule has 1 aromatic rings. The molecule has 2 heteroatoms. The number of nitrogens with two attached hydrogens (primary N) is 1. The molecule has 0 aliphatic heterocycles. The minimum Gasteiger partial charge on any atom is -0.328 e. The summed E-state index contributed by atoms with van der Waals surface area (Å²) in [7, 11) is 2.22. The van der Waals surface area contributed by atoms with Crippen molar-refractivity contribution in [2.75, 3.05) is 20.1 Å². The minimum absolute atomic E-state index is 0.477. The van der Waals surface area contributed by atoms with E-state index in [1.54, 1.807) is 0 Å². The van der Waals surface area contributed by atoms with Crippen LogP contribution in [0.4, 0.5) is 0 Å². The average molecular weight is 232 g/mol. The standard InChI is InChI=1S/C15H24N2/c1-12-3-5-13(6-4-12)7-8-17(2)11-14-9-15(16)10-14/h3-6,14-15H,7-11,16H2,1-2H3. The Kier molecular flexibility index (Phi) is 4.19. The summed E-state index contributed by atoms with van der Waals surface area (Å²) >= 11 is 0. The van der Waals surface area contributed by atoms with Crippen molar-refractivity contribution in [2.24, 2.45) is 11.7 Å². The highest BCUT2D eigenvalue weighted by molar-refractivity contribution is 5.21. The fraction of sp³-hybridized carbons (Fsp3) is 0.600. The number of likely N-dealkylation sites (N-methyl/N-ethyl adjacent to an activating group) is 1. The minimum atomic E-state index is 0.477. The van der Waals surface area contributed by atoms with Gasteiger partial charge in [-0.2, -0.15) is 0 Å². The van der Waals surface area contributed by atoms with E-state index in [4.69, 9.17) is 5.73 Å². The quantitative estimate of drug-likeness (QED) is 0.843. The van der Waals surface area contributed by atoms with E-state index in [1.807, 2.05) is 0 Å². The van der Waals surface area contributed by atoms with Crippen molar-refractivity contribution in [2.45, 2.75) is 32.2 Å². The summed E-state index contributed by atoms with van der Waals surface area (Å²) < 4.78 is 0. The Labute approximate surface area is 105 Å². The summed E-state index contributed by atoms with van der Waals surface area (Å²) in [6, 6.07) is 9.34. The first-order valence-electron chi connectivity index (χ1n) is 6.63. The van der Waals surface area contributed by atoms with Crippen LogP contribution in [0.25, 0.3) is 0 Å². The van der Waals surface area contributed by atoms with Crippen molar-refractivity contribution in [3.8, 4) is 0 Å². The Bertz CT molecular complexity index is 338. The third-order valence-electron chi connectivity index (χ3n) is 3.74. The van der Waals surface area contributed by atoms with Gasteiger partial charge in [0.2, 0.25) is 0 Å². The summed E-state index contributed by atoms with van der Waals surface area (Å²) in [5.74, 6) is 0.841. The zero-order valence-electron chi connectivity index (χ0n) is 11.0. The number of hydrogen-bond acceptors (Lipinski definition) is 2. The molecule has 0 radical (unpaired) electrons. The molecular weight excluding hydrogens is 208 g/mol. The van der Waals surface area contributed by atoms with Crippen molar-refractivity contribution in [1.29, 1.82) is 0 Å². The second-order valence-corrected chi connectivity index (χ2v) is 5.60. The van der Waals surface area contributed by atoms with Crippen LogP contribution in [-0.4, -0.2) is 31.1 Å². The molecular formula is C15H24N2. The number of nitrogens with zero attached hydrogens (tertiary/aromatic N) is 1. The van der Waals surface area contributed by atoms with Gasteiger partial charge >= 0.3 is 0 Å². The Morgan fingerprint density at radius 2 is 1.88 bits per heavy atom. The third kappa shape index (κ3) is 3.83. The maximum atomic E-state index is 5.81. The molecule has 2 rings (SSSR count). The van der Waals surface area contributed by atoms with Gasteiger partial charge < -0.3 is 10.6 Å². The summed E-state index contributed by atoms with van der Waals surface area (Å²) in [6.07, 6.45) is 3.58. The molecule has 0 spiro atoms. The maximum Gasteiger partial charge on any atom is 0.00450 e. The van der Waals surface area contributed by atoms with E-state index in [0.717, 1.165) is 18.9 Å². The number of benzene rings is 1. The van der Waals surface area contributed by atoms with Gasteiger partial charge in [-0.25, -0.2) is 0 Å². The van der Waals surface area contributed by atoms with E-state index in [0.29, 0.717) is 6.04 Å². The van der Waals surface area contributed by atoms with Crippen LogP contribution in [0.5, 0.6) is 0 Å². The molecule has 2 N–H and O–H groups in total. The van der Waals surface area contributed by atoms with Crippen LogP contribution in [0.2, 0.25) is 0 Å². The lowest BCUT2D eigenvalue weighted by molar-refractivity contribution is 0.183. The van der Waals surface area contributed by atoms with Crippen LogP contribution in [0.15, 0.2) is 24.3 Å². The number of rotatable bonds is 5. The monoisotopic (exact) mass is 232 g/mol. The largest absolute Gasteiger partial charge is 0.328 e. The highest BCUT2D eigenvalue weighted by Crippen LogP contribution is 2.25. The Morgan fingerprint density at radius 1 is 1.24 bits per heavy atom. The van der Waals surface area contributed by atoms with Gasteiger partial charge in [-0.15, -0.1) is 0 Å². The molecule has 0 bridgehead atoms. The summed E-state index contributed by atoms with van der Waals surface area (Å²) in [5, 5.41) is 0. The molecule has 1 fully saturated rings. The van der Waals surface area contributed by atoms with Crippen LogP contribution in [0, 0.1) is 12.8 Å². The zero-order chi connectivity index (χ0) is 12.3. The van der Waals surface area contributed by atoms with Gasteiger partial charge in [0.1, 0.15) is 0 Å². The molecule has 1 aromatic carbocycles. The lowest BCUT2D eigenvalue weighted by atomic mass is 9.80. The summed E-state index contributed by atoms with van der Waals surface area (Å²) in [5.41, 5.74) is 8.58. The first-order valence-corrected chi connectivity index (χ1v) is 6.63. The summed E-state index contributed by atoms with van der Waals surface area (Å²) in [4.78, 5) is 2.44. The smallest absolute Gasteiger partial charge is 0.00450 e. The third-order valence-corrected chi connectivity index (χ3v) is 3.74. The fourth-order valence-electron chi connectivity index (χ4n) is 2.54. The predicted octanol–water partition coefficient (Wildman–Crippen LogP) is 2.21. The first kappa shape index (κ1) is 12.6. The topological polar surface area (TPSA) is 29.3 Å². The molecule has 0 heterocycles. The number of hydrogen-bond donors (Lipinski definition) is 1. The molecule has 1 saturated carbocycles. The number of aryl methyl sites for hydroxylation is 1. The first-order chi connectivity index (χ1) is 8.13. The average Bonchev–Trinajstić information content (AvgIpc) is 2.26. The molecule has 17 heavy (non-hydrogen) atoms. The van der Waals surface area contributed by atoms with Crippen LogP contribution in [-0.2, 0) is 6.42 Å². The Hall–Kier alpha value is -0.860. The van der Waals surface area contributed by atoms with Gasteiger partial charge in [-0.05, 0) is 44.7 Å². The second-order valence-electron chi connectivity index (χ2n) is 5.60.